The van der Waals surface area contributed by atoms with Crippen LogP contribution in [0.4, 0.5) is 13.2 Å². The molecule has 0 saturated carbocycles. The summed E-state index contributed by atoms with van der Waals surface area (Å²) >= 11 is 0. The number of ether oxygens (including phenoxy) is 1. The minimum absolute atomic E-state index is 0.236. The first-order valence-electron chi connectivity index (χ1n) is 4.01. The fraction of sp³-hybridized carbons (Fsp3) is 0.375. The lowest BCUT2D eigenvalue weighted by atomic mass is 10.3. The van der Waals surface area contributed by atoms with Crippen LogP contribution in [0.25, 0.3) is 0 Å². The highest BCUT2D eigenvalue weighted by Crippen LogP contribution is 2.20. The van der Waals surface area contributed by atoms with Crippen LogP contribution in [-0.4, -0.2) is 22.6 Å². The molecule has 0 aliphatic heterocycles. The highest BCUT2D eigenvalue weighted by molar-refractivity contribution is 5.49. The first kappa shape index (κ1) is 11.4. The zero-order valence-corrected chi connectivity index (χ0v) is 7.49. The van der Waals surface area contributed by atoms with Gasteiger partial charge < -0.3 is 9.53 Å². The summed E-state index contributed by atoms with van der Waals surface area (Å²) in [5.41, 5.74) is 0. The van der Waals surface area contributed by atoms with Crippen molar-refractivity contribution < 1.29 is 22.7 Å². The Morgan fingerprint density at radius 2 is 1.93 bits per heavy atom. The van der Waals surface area contributed by atoms with Crippen LogP contribution in [0.15, 0.2) is 12.4 Å². The van der Waals surface area contributed by atoms with Crippen molar-refractivity contribution in [2.45, 2.75) is 19.2 Å². The smallest absolute Gasteiger partial charge is 0.402 e. The van der Waals surface area contributed by atoms with Gasteiger partial charge in [-0.15, -0.1) is 13.2 Å². The largest absolute Gasteiger partial charge is 0.573 e. The molecule has 0 radical (unpaired) electrons. The minimum atomic E-state index is -4.74. The molecule has 4 nitrogen and oxygen atoms in total. The highest BCUT2D eigenvalue weighted by Gasteiger charge is 2.31. The zero-order chi connectivity index (χ0) is 11.3. The third-order valence-electron chi connectivity index (χ3n) is 1.40. The van der Waals surface area contributed by atoms with Gasteiger partial charge in [-0.25, -0.2) is 9.97 Å². The van der Waals surface area contributed by atoms with E-state index in [-0.39, 0.29) is 6.42 Å². The van der Waals surface area contributed by atoms with Crippen molar-refractivity contribution in [3.8, 4) is 5.75 Å². The van der Waals surface area contributed by atoms with Gasteiger partial charge in [-0.1, -0.05) is 0 Å². The Bertz CT molecular complexity index is 324. The van der Waals surface area contributed by atoms with Crippen LogP contribution < -0.4 is 4.74 Å². The van der Waals surface area contributed by atoms with E-state index >= 15 is 0 Å². The number of alkyl halides is 3. The van der Waals surface area contributed by atoms with Crippen LogP contribution in [0.2, 0.25) is 0 Å². The number of carbonyl (C=O) groups is 1. The van der Waals surface area contributed by atoms with Gasteiger partial charge >= 0.3 is 6.36 Å². The third-order valence-corrected chi connectivity index (χ3v) is 1.40. The summed E-state index contributed by atoms with van der Waals surface area (Å²) in [6.45, 7) is 0. The predicted molar refractivity (Wildman–Crippen MR) is 43.1 cm³/mol. The first-order chi connectivity index (χ1) is 7.01. The van der Waals surface area contributed by atoms with E-state index in [4.69, 9.17) is 0 Å². The number of nitrogens with zero attached hydrogens (tertiary/aromatic N) is 2. The maximum atomic E-state index is 11.7. The van der Waals surface area contributed by atoms with Crippen LogP contribution in [0.1, 0.15) is 12.2 Å². The lowest BCUT2D eigenvalue weighted by molar-refractivity contribution is -0.274. The Kier molecular flexibility index (Phi) is 3.59. The molecule has 1 aromatic heterocycles. The van der Waals surface area contributed by atoms with Crippen LogP contribution in [0, 0.1) is 0 Å². The van der Waals surface area contributed by atoms with Crippen LogP contribution >= 0.6 is 0 Å². The average Bonchev–Trinajstić information content (AvgIpc) is 2.14. The SMILES string of the molecule is O=CCCc1ncc(OC(F)(F)F)cn1. The normalized spacial score (nSPS) is 11.1. The average molecular weight is 220 g/mol. The van der Waals surface area contributed by atoms with Crippen molar-refractivity contribution in [3.63, 3.8) is 0 Å². The van der Waals surface area contributed by atoms with Crippen LogP contribution in [-0.2, 0) is 11.2 Å². The minimum Gasteiger partial charge on any atom is -0.402 e. The summed E-state index contributed by atoms with van der Waals surface area (Å²) in [6, 6.07) is 0. The molecule has 1 rings (SSSR count). The van der Waals surface area contributed by atoms with Gasteiger partial charge in [0.15, 0.2) is 5.75 Å². The molecule has 0 aromatic carbocycles. The zero-order valence-electron chi connectivity index (χ0n) is 7.49. The number of rotatable bonds is 4. The van der Waals surface area contributed by atoms with Gasteiger partial charge in [-0.2, -0.15) is 0 Å². The second kappa shape index (κ2) is 4.72. The summed E-state index contributed by atoms with van der Waals surface area (Å²) in [7, 11) is 0. The second-order valence-corrected chi connectivity index (χ2v) is 2.59. The van der Waals surface area contributed by atoms with E-state index in [1.54, 1.807) is 0 Å². The fourth-order valence-electron chi connectivity index (χ4n) is 0.846. The fourth-order valence-corrected chi connectivity index (χ4v) is 0.846. The van der Waals surface area contributed by atoms with Gasteiger partial charge in [-0.3, -0.25) is 0 Å². The predicted octanol–water partition coefficient (Wildman–Crippen LogP) is 1.51. The molecular weight excluding hydrogens is 213 g/mol. The Balaban J connectivity index is 2.60. The number of hydrogen-bond acceptors (Lipinski definition) is 4. The van der Waals surface area contributed by atoms with E-state index in [0.29, 0.717) is 18.5 Å². The van der Waals surface area contributed by atoms with Crippen molar-refractivity contribution in [2.24, 2.45) is 0 Å². The molecule has 0 aliphatic rings. The molecule has 1 heterocycles. The van der Waals surface area contributed by atoms with Gasteiger partial charge in [0.25, 0.3) is 0 Å². The highest BCUT2D eigenvalue weighted by atomic mass is 19.4. The van der Waals surface area contributed by atoms with Crippen molar-refractivity contribution in [3.05, 3.63) is 18.2 Å². The van der Waals surface area contributed by atoms with Crippen molar-refractivity contribution >= 4 is 6.29 Å². The monoisotopic (exact) mass is 220 g/mol. The molecule has 0 fully saturated rings. The quantitative estimate of drug-likeness (QED) is 0.721. The maximum absolute atomic E-state index is 11.7. The molecule has 15 heavy (non-hydrogen) atoms. The number of aromatic nitrogens is 2. The molecule has 0 spiro atoms. The van der Waals surface area contributed by atoms with E-state index in [1.807, 2.05) is 0 Å². The third kappa shape index (κ3) is 4.39. The van der Waals surface area contributed by atoms with Crippen LogP contribution in [0.5, 0.6) is 5.75 Å². The van der Waals surface area contributed by atoms with E-state index in [0.717, 1.165) is 12.4 Å². The molecular formula is C8H7F3N2O2. The number of carbonyl (C=O) groups excluding carboxylic acids is 1. The maximum Gasteiger partial charge on any atom is 0.573 e. The van der Waals surface area contributed by atoms with Crippen molar-refractivity contribution in [1.29, 1.82) is 0 Å². The van der Waals surface area contributed by atoms with Crippen LogP contribution in [0.3, 0.4) is 0 Å². The molecule has 0 bridgehead atoms. The van der Waals surface area contributed by atoms with E-state index < -0.39 is 12.1 Å². The van der Waals surface area contributed by atoms with E-state index in [9.17, 15) is 18.0 Å². The molecule has 0 saturated heterocycles. The van der Waals surface area contributed by atoms with Gasteiger partial charge in [-0.05, 0) is 0 Å². The molecule has 0 atom stereocenters. The summed E-state index contributed by atoms with van der Waals surface area (Å²) in [6.07, 6.45) is -1.69. The summed E-state index contributed by atoms with van der Waals surface area (Å²) in [5.74, 6) is -0.172. The summed E-state index contributed by atoms with van der Waals surface area (Å²) in [5, 5.41) is 0. The first-order valence-corrected chi connectivity index (χ1v) is 4.01. The number of hydrogen-bond donors (Lipinski definition) is 0. The Labute approximate surface area is 83.1 Å². The van der Waals surface area contributed by atoms with E-state index in [1.165, 1.54) is 0 Å². The lowest BCUT2D eigenvalue weighted by Crippen LogP contribution is -2.17. The summed E-state index contributed by atoms with van der Waals surface area (Å²) in [4.78, 5) is 17.2. The van der Waals surface area contributed by atoms with Gasteiger partial charge in [0, 0.05) is 12.8 Å². The van der Waals surface area contributed by atoms with Gasteiger partial charge in [0.05, 0.1) is 12.4 Å². The second-order valence-electron chi connectivity index (χ2n) is 2.59. The standard InChI is InChI=1S/C8H7F3N2O2/c9-8(10,11)15-6-4-12-7(13-5-6)2-1-3-14/h3-5H,1-2H2. The van der Waals surface area contributed by atoms with Crippen molar-refractivity contribution in [1.82, 2.24) is 9.97 Å². The molecule has 0 N–H and O–H groups in total. The molecule has 1 aromatic rings. The van der Waals surface area contributed by atoms with E-state index in [2.05, 4.69) is 14.7 Å². The number of halogens is 3. The Hall–Kier alpha value is -1.66. The molecule has 0 aliphatic carbocycles. The molecule has 82 valence electrons. The number of aldehydes is 1. The lowest BCUT2D eigenvalue weighted by Gasteiger charge is -2.07. The Morgan fingerprint density at radius 3 is 2.40 bits per heavy atom. The van der Waals surface area contributed by atoms with Crippen molar-refractivity contribution in [2.75, 3.05) is 0 Å². The molecule has 7 heteroatoms. The number of aryl methyl sites for hydroxylation is 1. The Morgan fingerprint density at radius 1 is 1.33 bits per heavy atom. The topological polar surface area (TPSA) is 52.1 Å². The molecule has 0 unspecified atom stereocenters. The van der Waals surface area contributed by atoms with Gasteiger partial charge in [0.2, 0.25) is 0 Å². The summed E-state index contributed by atoms with van der Waals surface area (Å²) < 4.78 is 38.7. The van der Waals surface area contributed by atoms with Gasteiger partial charge in [0.1, 0.15) is 12.1 Å². The molecule has 0 amide bonds.